The van der Waals surface area contributed by atoms with Gasteiger partial charge in [0.15, 0.2) is 6.61 Å². The lowest BCUT2D eigenvalue weighted by Gasteiger charge is -2.17. The van der Waals surface area contributed by atoms with Crippen LogP contribution in [-0.4, -0.2) is 30.6 Å². The number of hydrogen-bond acceptors (Lipinski definition) is 3. The first-order valence-corrected chi connectivity index (χ1v) is 8.22. The number of benzene rings is 2. The maximum absolute atomic E-state index is 12.3. The Labute approximate surface area is 147 Å². The number of nitrogens with zero attached hydrogens (tertiary/aromatic N) is 1. The minimum Gasteiger partial charge on any atom is -0.482 e. The molecule has 2 aromatic carbocycles. The number of hydrogen-bond donors (Lipinski definition) is 1. The number of carboxylic acids is 1. The third-order valence-electron chi connectivity index (χ3n) is 3.94. The van der Waals surface area contributed by atoms with Crippen LogP contribution in [0.5, 0.6) is 5.75 Å². The van der Waals surface area contributed by atoms with Crippen molar-refractivity contribution in [2.75, 3.05) is 18.6 Å². The average molecular weight is 341 g/mol. The van der Waals surface area contributed by atoms with Gasteiger partial charge in [-0.2, -0.15) is 0 Å². The van der Waals surface area contributed by atoms with E-state index in [9.17, 15) is 9.59 Å². The molecule has 25 heavy (non-hydrogen) atoms. The molecule has 2 rings (SSSR count). The molecule has 0 aromatic heterocycles. The van der Waals surface area contributed by atoms with Gasteiger partial charge in [-0.15, -0.1) is 0 Å². The van der Waals surface area contributed by atoms with Crippen LogP contribution in [0.2, 0.25) is 0 Å². The van der Waals surface area contributed by atoms with Crippen LogP contribution in [0.3, 0.4) is 0 Å². The van der Waals surface area contributed by atoms with Gasteiger partial charge in [0.05, 0.1) is 0 Å². The Kier molecular flexibility index (Phi) is 6.57. The van der Waals surface area contributed by atoms with Crippen molar-refractivity contribution in [3.05, 3.63) is 59.7 Å². The predicted molar refractivity (Wildman–Crippen MR) is 97.1 cm³/mol. The van der Waals surface area contributed by atoms with E-state index in [0.717, 1.165) is 18.5 Å². The van der Waals surface area contributed by atoms with Crippen molar-refractivity contribution in [1.29, 1.82) is 0 Å². The Morgan fingerprint density at radius 1 is 1.04 bits per heavy atom. The predicted octanol–water partition coefficient (Wildman–Crippen LogP) is 3.44. The van der Waals surface area contributed by atoms with Gasteiger partial charge in [-0.1, -0.05) is 29.8 Å². The van der Waals surface area contributed by atoms with Crippen LogP contribution in [0, 0.1) is 6.92 Å². The number of rotatable bonds is 8. The second kappa shape index (κ2) is 8.87. The fourth-order valence-electron chi connectivity index (χ4n) is 2.42. The number of aliphatic carboxylic acids is 1. The highest BCUT2D eigenvalue weighted by atomic mass is 16.5. The first-order valence-electron chi connectivity index (χ1n) is 8.22. The van der Waals surface area contributed by atoms with Crippen molar-refractivity contribution < 1.29 is 19.4 Å². The molecule has 0 saturated heterocycles. The molecule has 0 aliphatic carbocycles. The number of carbonyl (C=O) groups is 2. The molecule has 1 amide bonds. The quantitative estimate of drug-likeness (QED) is 0.799. The first kappa shape index (κ1) is 18.5. The Balaban J connectivity index is 1.82. The highest BCUT2D eigenvalue weighted by molar-refractivity contribution is 5.92. The molecule has 0 bridgehead atoms. The molecule has 5 heteroatoms. The SMILES string of the molecule is Cc1ccc(CCCC(=O)N(C)c2ccc(OCC(=O)O)cc2)cc1. The summed E-state index contributed by atoms with van der Waals surface area (Å²) in [5.41, 5.74) is 3.22. The largest absolute Gasteiger partial charge is 0.482 e. The fourth-order valence-corrected chi connectivity index (χ4v) is 2.42. The minimum atomic E-state index is -1.02. The summed E-state index contributed by atoms with van der Waals surface area (Å²) in [5, 5.41) is 8.59. The number of carboxylic acid groups (broad SMARTS) is 1. The van der Waals surface area contributed by atoms with Gasteiger partial charge in [0, 0.05) is 19.2 Å². The Bertz CT molecular complexity index is 707. The van der Waals surface area contributed by atoms with E-state index in [0.29, 0.717) is 12.2 Å². The standard InChI is InChI=1S/C20H23NO4/c1-15-6-8-16(9-7-15)4-3-5-19(22)21(2)17-10-12-18(13-11-17)25-14-20(23)24/h6-13H,3-5,14H2,1-2H3,(H,23,24). The molecule has 5 nitrogen and oxygen atoms in total. The molecule has 0 unspecified atom stereocenters. The van der Waals surface area contributed by atoms with Crippen molar-refractivity contribution in [3.8, 4) is 5.75 Å². The van der Waals surface area contributed by atoms with Crippen LogP contribution in [-0.2, 0) is 16.0 Å². The lowest BCUT2D eigenvalue weighted by Crippen LogP contribution is -2.25. The van der Waals surface area contributed by atoms with Gasteiger partial charge < -0.3 is 14.7 Å². The molecule has 2 aromatic rings. The van der Waals surface area contributed by atoms with E-state index in [1.807, 2.05) is 0 Å². The molecule has 0 spiro atoms. The summed E-state index contributed by atoms with van der Waals surface area (Å²) in [7, 11) is 1.74. The normalized spacial score (nSPS) is 10.3. The van der Waals surface area contributed by atoms with E-state index >= 15 is 0 Å². The summed E-state index contributed by atoms with van der Waals surface area (Å²) in [6, 6.07) is 15.2. The summed E-state index contributed by atoms with van der Waals surface area (Å²) < 4.78 is 5.08. The van der Waals surface area contributed by atoms with Crippen molar-refractivity contribution in [2.24, 2.45) is 0 Å². The lowest BCUT2D eigenvalue weighted by atomic mass is 10.1. The molecule has 0 radical (unpaired) electrons. The zero-order chi connectivity index (χ0) is 18.2. The van der Waals surface area contributed by atoms with Gasteiger partial charge in [0.1, 0.15) is 5.75 Å². The van der Waals surface area contributed by atoms with E-state index in [4.69, 9.17) is 9.84 Å². The first-order chi connectivity index (χ1) is 12.0. The molecule has 132 valence electrons. The number of aryl methyl sites for hydroxylation is 2. The van der Waals surface area contributed by atoms with Gasteiger partial charge in [-0.3, -0.25) is 4.79 Å². The number of anilines is 1. The van der Waals surface area contributed by atoms with Crippen LogP contribution >= 0.6 is 0 Å². The maximum Gasteiger partial charge on any atom is 0.341 e. The summed E-state index contributed by atoms with van der Waals surface area (Å²) >= 11 is 0. The van der Waals surface area contributed by atoms with E-state index in [1.54, 1.807) is 36.2 Å². The van der Waals surface area contributed by atoms with Gasteiger partial charge in [0.2, 0.25) is 5.91 Å². The molecule has 0 aliphatic rings. The van der Waals surface area contributed by atoms with E-state index in [-0.39, 0.29) is 12.5 Å². The summed E-state index contributed by atoms with van der Waals surface area (Å²) in [5.74, 6) is -0.511. The fraction of sp³-hybridized carbons (Fsp3) is 0.300. The molecular weight excluding hydrogens is 318 g/mol. The van der Waals surface area contributed by atoms with Gasteiger partial charge >= 0.3 is 5.97 Å². The van der Waals surface area contributed by atoms with Crippen LogP contribution in [0.1, 0.15) is 24.0 Å². The molecule has 1 N–H and O–H groups in total. The van der Waals surface area contributed by atoms with Crippen molar-refractivity contribution in [1.82, 2.24) is 0 Å². The summed E-state index contributed by atoms with van der Waals surface area (Å²) in [6.07, 6.45) is 2.15. The smallest absolute Gasteiger partial charge is 0.341 e. The van der Waals surface area contributed by atoms with Crippen molar-refractivity contribution >= 4 is 17.6 Å². The van der Waals surface area contributed by atoms with Crippen LogP contribution in [0.4, 0.5) is 5.69 Å². The highest BCUT2D eigenvalue weighted by Crippen LogP contribution is 2.19. The van der Waals surface area contributed by atoms with Crippen LogP contribution < -0.4 is 9.64 Å². The zero-order valence-corrected chi connectivity index (χ0v) is 14.6. The summed E-state index contributed by atoms with van der Waals surface area (Å²) in [6.45, 7) is 1.67. The maximum atomic E-state index is 12.3. The second-order valence-corrected chi connectivity index (χ2v) is 5.97. The highest BCUT2D eigenvalue weighted by Gasteiger charge is 2.11. The van der Waals surface area contributed by atoms with Crippen LogP contribution in [0.25, 0.3) is 0 Å². The third-order valence-corrected chi connectivity index (χ3v) is 3.94. The minimum absolute atomic E-state index is 0.0475. The topological polar surface area (TPSA) is 66.8 Å². The van der Waals surface area contributed by atoms with E-state index in [1.165, 1.54) is 11.1 Å². The lowest BCUT2D eigenvalue weighted by molar-refractivity contribution is -0.139. The molecule has 0 saturated carbocycles. The molecule has 0 fully saturated rings. The number of amides is 1. The van der Waals surface area contributed by atoms with Crippen LogP contribution in [0.15, 0.2) is 48.5 Å². The molecule has 0 heterocycles. The Hall–Kier alpha value is -2.82. The summed E-state index contributed by atoms with van der Waals surface area (Å²) in [4.78, 5) is 24.4. The Morgan fingerprint density at radius 3 is 2.28 bits per heavy atom. The Morgan fingerprint density at radius 2 is 1.68 bits per heavy atom. The average Bonchev–Trinajstić information content (AvgIpc) is 2.61. The zero-order valence-electron chi connectivity index (χ0n) is 14.6. The number of ether oxygens (including phenoxy) is 1. The van der Waals surface area contributed by atoms with Gasteiger partial charge in [-0.05, 0) is 49.6 Å². The van der Waals surface area contributed by atoms with Gasteiger partial charge in [-0.25, -0.2) is 4.79 Å². The van der Waals surface area contributed by atoms with E-state index in [2.05, 4.69) is 31.2 Å². The molecule has 0 atom stereocenters. The number of carbonyl (C=O) groups excluding carboxylic acids is 1. The van der Waals surface area contributed by atoms with Crippen molar-refractivity contribution in [3.63, 3.8) is 0 Å². The van der Waals surface area contributed by atoms with Crippen molar-refractivity contribution in [2.45, 2.75) is 26.2 Å². The van der Waals surface area contributed by atoms with Gasteiger partial charge in [0.25, 0.3) is 0 Å². The monoisotopic (exact) mass is 341 g/mol. The van der Waals surface area contributed by atoms with E-state index < -0.39 is 5.97 Å². The molecular formula is C20H23NO4. The molecule has 0 aliphatic heterocycles. The second-order valence-electron chi connectivity index (χ2n) is 5.97. The third kappa shape index (κ3) is 5.95.